The van der Waals surface area contributed by atoms with Gasteiger partial charge in [-0.05, 0) is 25.5 Å². The molecule has 1 saturated heterocycles. The third kappa shape index (κ3) is 3.40. The highest BCUT2D eigenvalue weighted by Gasteiger charge is 2.45. The largest absolute Gasteiger partial charge is 0.465 e. The minimum Gasteiger partial charge on any atom is -0.465 e. The molecule has 1 atom stereocenters. The minimum absolute atomic E-state index is 0.291. The van der Waals surface area contributed by atoms with Crippen LogP contribution in [-0.2, 0) is 11.3 Å². The lowest BCUT2D eigenvalue weighted by molar-refractivity contribution is -0.0138. The molecule has 0 N–H and O–H groups in total. The molecule has 6 nitrogen and oxygen atoms in total. The van der Waals surface area contributed by atoms with Crippen LogP contribution in [0.3, 0.4) is 0 Å². The maximum Gasteiger partial charge on any atom is 0.341 e. The number of carbonyl (C=O) groups excluding carboxylic acids is 1. The van der Waals surface area contributed by atoms with Crippen molar-refractivity contribution in [1.82, 2.24) is 14.8 Å². The lowest BCUT2D eigenvalue weighted by Crippen LogP contribution is -2.27. The minimum atomic E-state index is -2.69. The van der Waals surface area contributed by atoms with Crippen molar-refractivity contribution in [3.63, 3.8) is 0 Å². The number of aryl methyl sites for hydroxylation is 2. The summed E-state index contributed by atoms with van der Waals surface area (Å²) in [6.45, 7) is 5.56. The molecule has 26 heavy (non-hydrogen) atoms. The molecule has 0 aliphatic carbocycles. The van der Waals surface area contributed by atoms with Gasteiger partial charge >= 0.3 is 5.97 Å². The van der Waals surface area contributed by atoms with Gasteiger partial charge in [-0.2, -0.15) is 5.10 Å². The van der Waals surface area contributed by atoms with Gasteiger partial charge in [-0.3, -0.25) is 4.68 Å². The first kappa shape index (κ1) is 18.3. The number of alkyl halides is 2. The monoisotopic (exact) mass is 364 g/mol. The number of pyridine rings is 1. The molecule has 0 saturated carbocycles. The Balaban J connectivity index is 1.78. The Bertz CT molecular complexity index is 835. The number of esters is 1. The summed E-state index contributed by atoms with van der Waals surface area (Å²) in [5.74, 6) is -3.25. The van der Waals surface area contributed by atoms with Crippen LogP contribution in [0.25, 0.3) is 0 Å². The van der Waals surface area contributed by atoms with Crippen LogP contribution in [0.4, 0.5) is 14.6 Å². The zero-order chi connectivity index (χ0) is 19.1. The third-order valence-electron chi connectivity index (χ3n) is 4.81. The zero-order valence-corrected chi connectivity index (χ0v) is 15.3. The third-order valence-corrected chi connectivity index (χ3v) is 4.81. The molecule has 0 aromatic carbocycles. The summed E-state index contributed by atoms with van der Waals surface area (Å²) in [7, 11) is 1.33. The standard InChI is InChI=1S/C18H22F2N4O2/c1-11-7-23(10-18(11,19)20)16-6-5-14(12(2)21-16)8-24-9-15(13(3)22-24)17(25)26-4/h5-6,9,11H,7-8,10H2,1-4H3. The van der Waals surface area contributed by atoms with Crippen molar-refractivity contribution in [2.45, 2.75) is 33.2 Å². The van der Waals surface area contributed by atoms with Crippen molar-refractivity contribution in [2.24, 2.45) is 5.92 Å². The molecule has 140 valence electrons. The van der Waals surface area contributed by atoms with Gasteiger partial charge in [0, 0.05) is 24.4 Å². The van der Waals surface area contributed by atoms with Crippen LogP contribution >= 0.6 is 0 Å². The van der Waals surface area contributed by atoms with Crippen LogP contribution in [0.5, 0.6) is 0 Å². The number of aromatic nitrogens is 3. The van der Waals surface area contributed by atoms with Gasteiger partial charge in [-0.1, -0.05) is 13.0 Å². The highest BCUT2D eigenvalue weighted by atomic mass is 19.3. The number of hydrogen-bond acceptors (Lipinski definition) is 5. The molecular formula is C18H22F2N4O2. The second-order valence-electron chi connectivity index (χ2n) is 6.77. The predicted molar refractivity (Wildman–Crippen MR) is 92.7 cm³/mol. The van der Waals surface area contributed by atoms with Crippen molar-refractivity contribution in [3.8, 4) is 0 Å². The van der Waals surface area contributed by atoms with Gasteiger partial charge in [0.1, 0.15) is 11.4 Å². The average Bonchev–Trinajstić information content (AvgIpc) is 3.08. The van der Waals surface area contributed by atoms with Crippen molar-refractivity contribution in [1.29, 1.82) is 0 Å². The van der Waals surface area contributed by atoms with Gasteiger partial charge in [0.25, 0.3) is 5.92 Å². The average molecular weight is 364 g/mol. The Labute approximate surface area is 150 Å². The fourth-order valence-corrected chi connectivity index (χ4v) is 3.12. The van der Waals surface area contributed by atoms with E-state index in [9.17, 15) is 13.6 Å². The first-order valence-corrected chi connectivity index (χ1v) is 8.43. The smallest absolute Gasteiger partial charge is 0.341 e. The number of anilines is 1. The lowest BCUT2D eigenvalue weighted by atomic mass is 10.1. The fraction of sp³-hybridized carbons (Fsp3) is 0.500. The molecule has 2 aromatic rings. The van der Waals surface area contributed by atoms with Crippen LogP contribution in [0.15, 0.2) is 18.3 Å². The summed E-state index contributed by atoms with van der Waals surface area (Å²) in [6, 6.07) is 3.63. The fourth-order valence-electron chi connectivity index (χ4n) is 3.12. The number of methoxy groups -OCH3 is 1. The summed E-state index contributed by atoms with van der Waals surface area (Å²) in [4.78, 5) is 17.8. The van der Waals surface area contributed by atoms with Crippen LogP contribution in [-0.4, -0.2) is 46.9 Å². The Morgan fingerprint density at radius 2 is 2.08 bits per heavy atom. The molecule has 1 fully saturated rings. The number of ether oxygens (including phenoxy) is 1. The Kier molecular flexibility index (Phi) is 4.68. The van der Waals surface area contributed by atoms with E-state index in [4.69, 9.17) is 4.74 Å². The van der Waals surface area contributed by atoms with E-state index in [0.717, 1.165) is 11.3 Å². The predicted octanol–water partition coefficient (Wildman–Crippen LogP) is 2.82. The first-order valence-electron chi connectivity index (χ1n) is 8.43. The number of halogens is 2. The summed E-state index contributed by atoms with van der Waals surface area (Å²) in [5.41, 5.74) is 2.67. The Morgan fingerprint density at radius 3 is 2.65 bits per heavy atom. The number of hydrogen-bond donors (Lipinski definition) is 0. The second kappa shape index (κ2) is 6.66. The number of rotatable bonds is 4. The van der Waals surface area contributed by atoms with Crippen molar-refractivity contribution in [3.05, 3.63) is 40.8 Å². The highest BCUT2D eigenvalue weighted by Crippen LogP contribution is 2.34. The molecule has 3 rings (SSSR count). The lowest BCUT2D eigenvalue weighted by Gasteiger charge is -2.18. The quantitative estimate of drug-likeness (QED) is 0.781. The van der Waals surface area contributed by atoms with E-state index >= 15 is 0 Å². The van der Waals surface area contributed by atoms with Gasteiger partial charge in [-0.25, -0.2) is 18.6 Å². The molecule has 1 aliphatic heterocycles. The molecule has 2 aromatic heterocycles. The molecular weight excluding hydrogens is 342 g/mol. The first-order chi connectivity index (χ1) is 12.2. The second-order valence-corrected chi connectivity index (χ2v) is 6.77. The molecule has 0 spiro atoms. The Morgan fingerprint density at radius 1 is 1.35 bits per heavy atom. The van der Waals surface area contributed by atoms with Crippen molar-refractivity contribution >= 4 is 11.8 Å². The molecule has 8 heteroatoms. The maximum absolute atomic E-state index is 13.8. The van der Waals surface area contributed by atoms with E-state index in [1.54, 1.807) is 35.7 Å². The SMILES string of the molecule is COC(=O)c1cn(Cc2ccc(N3CC(C)C(F)(F)C3)nc2C)nc1C. The normalized spacial score (nSPS) is 19.0. The summed E-state index contributed by atoms with van der Waals surface area (Å²) in [5, 5.41) is 4.32. The van der Waals surface area contributed by atoms with Crippen LogP contribution < -0.4 is 4.90 Å². The van der Waals surface area contributed by atoms with Gasteiger partial charge < -0.3 is 9.64 Å². The van der Waals surface area contributed by atoms with E-state index in [2.05, 4.69) is 10.1 Å². The summed E-state index contributed by atoms with van der Waals surface area (Å²) >= 11 is 0. The molecule has 1 aliphatic rings. The molecule has 3 heterocycles. The molecule has 0 bridgehead atoms. The zero-order valence-electron chi connectivity index (χ0n) is 15.3. The highest BCUT2D eigenvalue weighted by molar-refractivity contribution is 5.90. The van der Waals surface area contributed by atoms with Gasteiger partial charge in [0.05, 0.1) is 25.9 Å². The van der Waals surface area contributed by atoms with Gasteiger partial charge in [-0.15, -0.1) is 0 Å². The van der Waals surface area contributed by atoms with Crippen LogP contribution in [0.1, 0.15) is 34.2 Å². The number of carbonyl (C=O) groups is 1. The van der Waals surface area contributed by atoms with Gasteiger partial charge in [0.15, 0.2) is 0 Å². The maximum atomic E-state index is 13.8. The van der Waals surface area contributed by atoms with Gasteiger partial charge in [0.2, 0.25) is 0 Å². The van der Waals surface area contributed by atoms with E-state index in [0.29, 0.717) is 30.2 Å². The van der Waals surface area contributed by atoms with Crippen molar-refractivity contribution < 1.29 is 18.3 Å². The van der Waals surface area contributed by atoms with Crippen molar-refractivity contribution in [2.75, 3.05) is 25.1 Å². The van der Waals surface area contributed by atoms with E-state index < -0.39 is 17.8 Å². The topological polar surface area (TPSA) is 60.2 Å². The van der Waals surface area contributed by atoms with Crippen LogP contribution in [0.2, 0.25) is 0 Å². The number of nitrogens with zero attached hydrogens (tertiary/aromatic N) is 4. The van der Waals surface area contributed by atoms with Crippen LogP contribution in [0, 0.1) is 19.8 Å². The van der Waals surface area contributed by atoms with E-state index in [-0.39, 0.29) is 6.54 Å². The van der Waals surface area contributed by atoms with E-state index in [1.165, 1.54) is 7.11 Å². The molecule has 0 radical (unpaired) electrons. The Hall–Kier alpha value is -2.51. The summed E-state index contributed by atoms with van der Waals surface area (Å²) in [6.07, 6.45) is 1.64. The molecule has 0 amide bonds. The summed E-state index contributed by atoms with van der Waals surface area (Å²) < 4.78 is 33.9. The van der Waals surface area contributed by atoms with E-state index in [1.807, 2.05) is 13.0 Å². The molecule has 1 unspecified atom stereocenters.